The number of carbonyl (C=O) groups excluding carboxylic acids is 2. The van der Waals surface area contributed by atoms with Crippen molar-refractivity contribution in [3.05, 3.63) is 29.8 Å². The van der Waals surface area contributed by atoms with Crippen molar-refractivity contribution in [1.29, 1.82) is 0 Å². The van der Waals surface area contributed by atoms with E-state index in [-0.39, 0.29) is 17.9 Å². The minimum absolute atomic E-state index is 0.175. The van der Waals surface area contributed by atoms with Gasteiger partial charge in [0.1, 0.15) is 6.04 Å². The lowest BCUT2D eigenvalue weighted by Gasteiger charge is -2.24. The summed E-state index contributed by atoms with van der Waals surface area (Å²) >= 11 is 0. The minimum Gasteiger partial charge on any atom is -0.374 e. The summed E-state index contributed by atoms with van der Waals surface area (Å²) in [6.07, 6.45) is 7.59. The van der Waals surface area contributed by atoms with Crippen molar-refractivity contribution < 1.29 is 9.59 Å². The number of carbonyl (C=O) groups is 2. The molecule has 2 aliphatic rings. The van der Waals surface area contributed by atoms with Crippen LogP contribution in [0.2, 0.25) is 0 Å². The second-order valence-corrected chi connectivity index (χ2v) is 6.10. The Morgan fingerprint density at radius 1 is 0.952 bits per heavy atom. The van der Waals surface area contributed by atoms with E-state index in [2.05, 4.69) is 22.8 Å². The number of hydrogen-bond acceptors (Lipinski definition) is 3. The molecule has 2 amide bonds. The van der Waals surface area contributed by atoms with Crippen molar-refractivity contribution in [2.75, 3.05) is 5.32 Å². The number of piperidine rings is 1. The maximum atomic E-state index is 11.7. The first-order chi connectivity index (χ1) is 10.2. The van der Waals surface area contributed by atoms with E-state index in [4.69, 9.17) is 0 Å². The van der Waals surface area contributed by atoms with E-state index in [9.17, 15) is 9.59 Å². The van der Waals surface area contributed by atoms with Crippen LogP contribution in [0.4, 0.5) is 5.69 Å². The van der Waals surface area contributed by atoms with Crippen molar-refractivity contribution in [2.24, 2.45) is 0 Å². The molecule has 2 N–H and O–H groups in total. The van der Waals surface area contributed by atoms with Crippen LogP contribution in [0.1, 0.15) is 56.4 Å². The highest BCUT2D eigenvalue weighted by molar-refractivity contribution is 6.01. The summed E-state index contributed by atoms with van der Waals surface area (Å²) in [5.41, 5.74) is 2.35. The van der Waals surface area contributed by atoms with E-state index in [1.54, 1.807) is 0 Å². The Kier molecular flexibility index (Phi) is 4.23. The maximum absolute atomic E-state index is 11.7. The van der Waals surface area contributed by atoms with E-state index in [1.165, 1.54) is 37.7 Å². The van der Waals surface area contributed by atoms with Crippen LogP contribution < -0.4 is 10.6 Å². The molecule has 0 spiro atoms. The van der Waals surface area contributed by atoms with Gasteiger partial charge in [-0.2, -0.15) is 0 Å². The molecule has 2 fully saturated rings. The first kappa shape index (κ1) is 14.1. The fraction of sp³-hybridized carbons (Fsp3) is 0.529. The molecule has 0 radical (unpaired) electrons. The molecule has 1 saturated carbocycles. The fourth-order valence-electron chi connectivity index (χ4n) is 3.32. The molecule has 21 heavy (non-hydrogen) atoms. The van der Waals surface area contributed by atoms with E-state index >= 15 is 0 Å². The Morgan fingerprint density at radius 3 is 2.33 bits per heavy atom. The summed E-state index contributed by atoms with van der Waals surface area (Å²) in [4.78, 5) is 22.9. The van der Waals surface area contributed by atoms with Crippen LogP contribution >= 0.6 is 0 Å². The smallest absolute Gasteiger partial charge is 0.249 e. The number of benzene rings is 1. The number of amides is 2. The second kappa shape index (κ2) is 6.29. The van der Waals surface area contributed by atoms with Gasteiger partial charge in [0.05, 0.1) is 0 Å². The Balaban J connectivity index is 1.61. The van der Waals surface area contributed by atoms with Gasteiger partial charge in [-0.3, -0.25) is 14.9 Å². The molecule has 1 aliphatic carbocycles. The predicted octanol–water partition coefficient (Wildman–Crippen LogP) is 2.95. The van der Waals surface area contributed by atoms with E-state index in [0.717, 1.165) is 5.69 Å². The summed E-state index contributed by atoms with van der Waals surface area (Å²) in [5.74, 6) is 0.303. The zero-order chi connectivity index (χ0) is 14.7. The quantitative estimate of drug-likeness (QED) is 0.840. The largest absolute Gasteiger partial charge is 0.374 e. The van der Waals surface area contributed by atoms with Crippen molar-refractivity contribution in [3.63, 3.8) is 0 Å². The third-order valence-corrected chi connectivity index (χ3v) is 4.57. The molecule has 1 atom stereocenters. The zero-order valence-electron chi connectivity index (χ0n) is 12.2. The number of imide groups is 1. The fourth-order valence-corrected chi connectivity index (χ4v) is 3.32. The summed E-state index contributed by atoms with van der Waals surface area (Å²) < 4.78 is 0. The first-order valence-electron chi connectivity index (χ1n) is 7.92. The highest BCUT2D eigenvalue weighted by Crippen LogP contribution is 2.33. The summed E-state index contributed by atoms with van der Waals surface area (Å²) in [5, 5.41) is 5.59. The third kappa shape index (κ3) is 3.43. The normalized spacial score (nSPS) is 23.7. The molecule has 4 nitrogen and oxygen atoms in total. The molecule has 1 saturated heterocycles. The van der Waals surface area contributed by atoms with Gasteiger partial charge in [-0.05, 0) is 42.9 Å². The van der Waals surface area contributed by atoms with E-state index in [0.29, 0.717) is 18.8 Å². The van der Waals surface area contributed by atoms with Crippen LogP contribution in [0.25, 0.3) is 0 Å². The average Bonchev–Trinajstić information content (AvgIpc) is 2.52. The Labute approximate surface area is 125 Å². The van der Waals surface area contributed by atoms with Crippen LogP contribution in [0, 0.1) is 0 Å². The Morgan fingerprint density at radius 2 is 1.67 bits per heavy atom. The van der Waals surface area contributed by atoms with Crippen molar-refractivity contribution >= 4 is 17.5 Å². The summed E-state index contributed by atoms with van der Waals surface area (Å²) in [6, 6.07) is 8.14. The van der Waals surface area contributed by atoms with Crippen molar-refractivity contribution in [2.45, 2.75) is 56.9 Å². The number of nitrogens with one attached hydrogen (secondary N) is 2. The van der Waals surface area contributed by atoms with Gasteiger partial charge in [-0.1, -0.05) is 31.4 Å². The van der Waals surface area contributed by atoms with Crippen LogP contribution in [0.5, 0.6) is 0 Å². The molecule has 4 heteroatoms. The van der Waals surface area contributed by atoms with E-state index < -0.39 is 0 Å². The first-order valence-corrected chi connectivity index (χ1v) is 7.92. The number of rotatable bonds is 3. The monoisotopic (exact) mass is 286 g/mol. The van der Waals surface area contributed by atoms with Gasteiger partial charge in [0.25, 0.3) is 0 Å². The molecule has 1 unspecified atom stereocenters. The van der Waals surface area contributed by atoms with Crippen LogP contribution in [-0.2, 0) is 9.59 Å². The molecule has 0 aromatic heterocycles. The third-order valence-electron chi connectivity index (χ3n) is 4.57. The topological polar surface area (TPSA) is 58.2 Å². The van der Waals surface area contributed by atoms with Gasteiger partial charge in [0.15, 0.2) is 0 Å². The van der Waals surface area contributed by atoms with Gasteiger partial charge in [0, 0.05) is 12.1 Å². The standard InChI is InChI=1S/C17H22N2O2/c20-16-11-10-15(17(21)19-16)18-14-8-6-13(7-9-14)12-4-2-1-3-5-12/h6-9,12,15,18H,1-5,10-11H2,(H,19,20,21). The zero-order valence-corrected chi connectivity index (χ0v) is 12.2. The van der Waals surface area contributed by atoms with Crippen LogP contribution in [-0.4, -0.2) is 17.9 Å². The predicted molar refractivity (Wildman–Crippen MR) is 82.1 cm³/mol. The molecule has 1 aromatic rings. The molecule has 1 aromatic carbocycles. The van der Waals surface area contributed by atoms with Gasteiger partial charge in [-0.15, -0.1) is 0 Å². The number of anilines is 1. The molecule has 3 rings (SSSR count). The molecular formula is C17H22N2O2. The lowest BCUT2D eigenvalue weighted by Crippen LogP contribution is -2.47. The average molecular weight is 286 g/mol. The van der Waals surface area contributed by atoms with Crippen LogP contribution in [0.3, 0.4) is 0 Å². The highest BCUT2D eigenvalue weighted by Gasteiger charge is 2.26. The summed E-state index contributed by atoms with van der Waals surface area (Å²) in [7, 11) is 0. The lowest BCUT2D eigenvalue weighted by molar-refractivity contribution is -0.133. The molecule has 0 bridgehead atoms. The maximum Gasteiger partial charge on any atom is 0.249 e. The molecule has 112 valence electrons. The van der Waals surface area contributed by atoms with E-state index in [1.807, 2.05) is 12.1 Å². The van der Waals surface area contributed by atoms with Crippen LogP contribution in [0.15, 0.2) is 24.3 Å². The van der Waals surface area contributed by atoms with Gasteiger partial charge >= 0.3 is 0 Å². The van der Waals surface area contributed by atoms with Crippen molar-refractivity contribution in [3.8, 4) is 0 Å². The second-order valence-electron chi connectivity index (χ2n) is 6.10. The molecular weight excluding hydrogens is 264 g/mol. The Bertz CT molecular complexity index is 518. The summed E-state index contributed by atoms with van der Waals surface area (Å²) in [6.45, 7) is 0. The molecule has 1 aliphatic heterocycles. The lowest BCUT2D eigenvalue weighted by atomic mass is 9.84. The van der Waals surface area contributed by atoms with Gasteiger partial charge in [-0.25, -0.2) is 0 Å². The van der Waals surface area contributed by atoms with Gasteiger partial charge in [0.2, 0.25) is 11.8 Å². The number of hydrogen-bond donors (Lipinski definition) is 2. The van der Waals surface area contributed by atoms with Crippen molar-refractivity contribution in [1.82, 2.24) is 5.32 Å². The Hall–Kier alpha value is -1.84. The SMILES string of the molecule is O=C1CCC(Nc2ccc(C3CCCCC3)cc2)C(=O)N1. The minimum atomic E-state index is -0.303. The molecule has 1 heterocycles. The highest BCUT2D eigenvalue weighted by atomic mass is 16.2. The van der Waals surface area contributed by atoms with Gasteiger partial charge < -0.3 is 5.32 Å².